The van der Waals surface area contributed by atoms with E-state index in [-0.39, 0.29) is 31.1 Å². The summed E-state index contributed by atoms with van der Waals surface area (Å²) in [4.78, 5) is 4.16. The van der Waals surface area contributed by atoms with E-state index in [1.165, 1.54) is 0 Å². The molecule has 2 rings (SSSR count). The molecule has 0 radical (unpaired) electrons. The number of thiol groups is 1. The van der Waals surface area contributed by atoms with Crippen LogP contribution in [0.3, 0.4) is 0 Å². The van der Waals surface area contributed by atoms with Crippen molar-refractivity contribution in [2.45, 2.75) is 10.1 Å². The second-order valence-corrected chi connectivity index (χ2v) is 4.04. The van der Waals surface area contributed by atoms with Crippen molar-refractivity contribution < 1.29 is 31.1 Å². The van der Waals surface area contributed by atoms with Crippen molar-refractivity contribution in [3.05, 3.63) is 22.8 Å². The van der Waals surface area contributed by atoms with E-state index in [1.807, 2.05) is 22.7 Å². The summed E-state index contributed by atoms with van der Waals surface area (Å²) >= 11 is 12.6. The molecule has 0 saturated carbocycles. The fraction of sp³-hybridized carbons (Fsp3) is 0. The average molecular weight is 498 g/mol. The van der Waals surface area contributed by atoms with E-state index < -0.39 is 0 Å². The molecule has 0 atom stereocenters. The van der Waals surface area contributed by atoms with Gasteiger partial charge >= 0.3 is 0 Å². The van der Waals surface area contributed by atoms with Crippen LogP contribution in [0.25, 0.3) is 5.65 Å². The maximum absolute atomic E-state index is 5.09. The molecule has 0 fully saturated rings. The molecule has 2 aromatic heterocycles. The Hall–Kier alpha value is 0.792. The van der Waals surface area contributed by atoms with Crippen molar-refractivity contribution in [2.75, 3.05) is 0 Å². The number of pyridine rings is 1. The molecule has 0 aliphatic carbocycles. The van der Waals surface area contributed by atoms with Crippen LogP contribution < -0.4 is 0 Å². The van der Waals surface area contributed by atoms with E-state index in [2.05, 4.69) is 33.5 Å². The fourth-order valence-electron chi connectivity index (χ4n) is 0.985. The molecule has 0 amide bonds. The molecule has 0 unspecified atom stereocenters. The monoisotopic (exact) mass is 497 g/mol. The largest absolute Gasteiger partial charge is 0.759 e. The number of fused-ring (bicyclic) bond motifs is 1. The summed E-state index contributed by atoms with van der Waals surface area (Å²) < 4.78 is 2.80. The van der Waals surface area contributed by atoms with Gasteiger partial charge in [0.1, 0.15) is 5.65 Å². The first-order valence-electron chi connectivity index (χ1n) is 3.22. The van der Waals surface area contributed by atoms with Gasteiger partial charge in [-0.1, -0.05) is 5.03 Å². The van der Waals surface area contributed by atoms with Gasteiger partial charge in [-0.15, -0.1) is 12.6 Å². The van der Waals surface area contributed by atoms with Crippen molar-refractivity contribution in [1.29, 1.82) is 0 Å². The third-order valence-corrected chi connectivity index (χ3v) is 2.84. The minimum absolute atomic E-state index is 0. The average Bonchev–Trinajstić information content (AvgIpc) is 2.31. The van der Waals surface area contributed by atoms with E-state index in [1.54, 1.807) is 0 Å². The Balaban J connectivity index is 0.000000845. The van der Waals surface area contributed by atoms with E-state index in [9.17, 15) is 0 Å². The Morgan fingerprint density at radius 2 is 2.15 bits per heavy atom. The fourth-order valence-corrected chi connectivity index (χ4v) is 1.72. The smallest absolute Gasteiger partial charge is 0.136 e. The quantitative estimate of drug-likeness (QED) is 0.444. The summed E-state index contributed by atoms with van der Waals surface area (Å²) in [6.07, 6.45) is 1.88. The predicted octanol–water partition coefficient (Wildman–Crippen LogP) is 2.29. The van der Waals surface area contributed by atoms with E-state index in [0.29, 0.717) is 10.1 Å². The number of nitrogens with zero attached hydrogens (tertiary/aromatic N) is 2. The van der Waals surface area contributed by atoms with Gasteiger partial charge in [0, 0.05) is 41.8 Å². The van der Waals surface area contributed by atoms with Crippen molar-refractivity contribution in [2.24, 2.45) is 0 Å². The number of hydrogen-bond acceptors (Lipinski definition) is 3. The van der Waals surface area contributed by atoms with Crippen LogP contribution in [0.5, 0.6) is 0 Å². The number of halogens is 1. The minimum Gasteiger partial charge on any atom is -0.759 e. The Labute approximate surface area is 119 Å². The molecule has 66 valence electrons. The van der Waals surface area contributed by atoms with Crippen LogP contribution in [-0.2, 0) is 12.6 Å². The van der Waals surface area contributed by atoms with Crippen LogP contribution in [0.1, 0.15) is 0 Å². The number of aromatic nitrogens is 2. The van der Waals surface area contributed by atoms with Gasteiger partial charge in [-0.25, -0.2) is 4.98 Å². The molecule has 13 heavy (non-hydrogen) atoms. The van der Waals surface area contributed by atoms with E-state index >= 15 is 0 Å². The number of hydrogen-bond donors (Lipinski definition) is 1. The van der Waals surface area contributed by atoms with Crippen LogP contribution >= 0.6 is 28.6 Å². The van der Waals surface area contributed by atoms with Gasteiger partial charge in [0.05, 0.1) is 5.03 Å². The molecular weight excluding hydrogens is 494 g/mol. The third kappa shape index (κ3) is 2.24. The summed E-state index contributed by atoms with van der Waals surface area (Å²) in [5.41, 5.74) is 0.827. The maximum atomic E-state index is 5.09. The van der Waals surface area contributed by atoms with Gasteiger partial charge in [0.25, 0.3) is 0 Å². The Morgan fingerprint density at radius 3 is 2.85 bits per heavy atom. The Morgan fingerprint density at radius 1 is 1.46 bits per heavy atom. The topological polar surface area (TPSA) is 17.3 Å². The molecule has 2 aromatic rings. The minimum atomic E-state index is 0. The van der Waals surface area contributed by atoms with Gasteiger partial charge < -0.3 is 17.0 Å². The number of imidazole rings is 1. The van der Waals surface area contributed by atoms with Crippen LogP contribution in [0.2, 0.25) is 0 Å². The van der Waals surface area contributed by atoms with Crippen LogP contribution in [0, 0.1) is 31.1 Å². The molecule has 0 aromatic carbocycles. The van der Waals surface area contributed by atoms with Crippen molar-refractivity contribution in [3.8, 4) is 0 Å². The van der Waals surface area contributed by atoms with Crippen LogP contribution in [-0.4, -0.2) is 9.38 Å². The van der Waals surface area contributed by atoms with Crippen LogP contribution in [0.15, 0.2) is 32.9 Å². The molecule has 2 heterocycles. The summed E-state index contributed by atoms with van der Waals surface area (Å²) in [5.74, 6) is 0. The first kappa shape index (κ1) is 11.9. The van der Waals surface area contributed by atoms with Crippen molar-refractivity contribution >= 4 is 46.8 Å². The zero-order valence-corrected chi connectivity index (χ0v) is 13.8. The predicted molar refractivity (Wildman–Crippen MR) is 55.8 cm³/mol. The van der Waals surface area contributed by atoms with Gasteiger partial charge in [0.15, 0.2) is 0 Å². The van der Waals surface area contributed by atoms with Gasteiger partial charge in [-0.3, -0.25) is 0 Å². The zero-order chi connectivity index (χ0) is 8.72. The van der Waals surface area contributed by atoms with Gasteiger partial charge in [0.2, 0.25) is 0 Å². The van der Waals surface area contributed by atoms with Crippen LogP contribution in [0.4, 0.5) is 0 Å². The van der Waals surface area contributed by atoms with Gasteiger partial charge in [-0.05, 0) is 28.1 Å². The first-order valence-corrected chi connectivity index (χ1v) is 4.87. The summed E-state index contributed by atoms with van der Waals surface area (Å²) in [6, 6.07) is 3.81. The maximum Gasteiger partial charge on any atom is 0.136 e. The molecule has 0 aliphatic heterocycles. The third-order valence-electron chi connectivity index (χ3n) is 1.52. The molecule has 0 saturated heterocycles. The molecule has 0 bridgehead atoms. The van der Waals surface area contributed by atoms with Crippen molar-refractivity contribution in [3.63, 3.8) is 0 Å². The summed E-state index contributed by atoms with van der Waals surface area (Å²) in [6.45, 7) is 0. The van der Waals surface area contributed by atoms with E-state index in [4.69, 9.17) is 12.6 Å². The Bertz CT molecular complexity index is 443. The standard InChI is InChI=1S/C7H5BrN2S2.U/c8-4-1-2-5-9-6(11)7(12)10(5)3-4;/h1-3,11-12H;/p-1. The van der Waals surface area contributed by atoms with E-state index in [0.717, 1.165) is 10.1 Å². The number of rotatable bonds is 0. The molecule has 0 spiro atoms. The molecule has 6 heteroatoms. The second-order valence-electron chi connectivity index (χ2n) is 2.32. The Kier molecular flexibility index (Phi) is 4.14. The first-order chi connectivity index (χ1) is 5.68. The molecule has 0 aliphatic rings. The summed E-state index contributed by atoms with van der Waals surface area (Å²) in [7, 11) is 0. The normalized spacial score (nSPS) is 10.0. The molecular formula is C7H4BrN2S2U-. The SMILES string of the molecule is [S-]c1c(S)nc2ccc(Br)cn12.[U]. The zero-order valence-electron chi connectivity index (χ0n) is 6.36. The molecule has 2 nitrogen and oxygen atoms in total. The second kappa shape index (κ2) is 4.54. The van der Waals surface area contributed by atoms with Gasteiger partial charge in [-0.2, -0.15) is 0 Å². The molecule has 0 N–H and O–H groups in total. The summed E-state index contributed by atoms with van der Waals surface area (Å²) in [5, 5.41) is 1.25. The van der Waals surface area contributed by atoms with Crippen molar-refractivity contribution in [1.82, 2.24) is 9.38 Å².